The van der Waals surface area contributed by atoms with E-state index in [-0.39, 0.29) is 11.4 Å². The van der Waals surface area contributed by atoms with Crippen LogP contribution in [0.2, 0.25) is 0 Å². The van der Waals surface area contributed by atoms with Crippen LogP contribution in [-0.4, -0.2) is 47.6 Å². The number of urea groups is 1. The molecule has 2 amide bonds. The number of amides is 2. The number of amidine groups is 1. The number of morpholine rings is 1. The number of carbonyl (C=O) groups is 1. The first-order valence-corrected chi connectivity index (χ1v) is 14.5. The van der Waals surface area contributed by atoms with Crippen LogP contribution in [-0.2, 0) is 10.2 Å². The smallest absolute Gasteiger partial charge is 0.324 e. The molecular formula is C30H34N6O3S. The lowest BCUT2D eigenvalue weighted by atomic mass is 9.92. The van der Waals surface area contributed by atoms with Gasteiger partial charge in [-0.25, -0.2) is 9.48 Å². The molecule has 2 aliphatic rings. The maximum atomic E-state index is 13.2. The summed E-state index contributed by atoms with van der Waals surface area (Å²) >= 11 is 1.52. The Morgan fingerprint density at radius 2 is 1.95 bits per heavy atom. The molecule has 3 heterocycles. The second-order valence-corrected chi connectivity index (χ2v) is 11.2. The average Bonchev–Trinajstić information content (AvgIpc) is 3.36. The lowest BCUT2D eigenvalue weighted by Gasteiger charge is -2.23. The van der Waals surface area contributed by atoms with Crippen LogP contribution in [0.1, 0.15) is 32.9 Å². The van der Waals surface area contributed by atoms with Crippen molar-refractivity contribution in [2.45, 2.75) is 37.5 Å². The van der Waals surface area contributed by atoms with Gasteiger partial charge in [-0.3, -0.25) is 10.3 Å². The minimum Gasteiger partial charge on any atom is -0.485 e. The SMILES string of the molecule is CSc1cc(OC2=C3\OCCNC3=NCC/C=C\2)ccc1NC(=O)Nc1cc(C(C)(C)C)nn1-c1ccccc1. The van der Waals surface area contributed by atoms with Crippen molar-refractivity contribution in [3.63, 3.8) is 0 Å². The molecule has 2 aliphatic heterocycles. The molecule has 0 spiro atoms. The molecule has 5 rings (SSSR count). The van der Waals surface area contributed by atoms with Gasteiger partial charge < -0.3 is 20.1 Å². The topological polar surface area (TPSA) is 102 Å². The summed E-state index contributed by atoms with van der Waals surface area (Å²) in [4.78, 5) is 18.6. The molecule has 0 unspecified atom stereocenters. The number of nitrogens with zero attached hydrogens (tertiary/aromatic N) is 3. The van der Waals surface area contributed by atoms with E-state index < -0.39 is 0 Å². The summed E-state index contributed by atoms with van der Waals surface area (Å²) in [6.45, 7) is 8.23. The molecule has 208 valence electrons. The van der Waals surface area contributed by atoms with Gasteiger partial charge in [0.25, 0.3) is 0 Å². The van der Waals surface area contributed by atoms with Crippen LogP contribution in [0.3, 0.4) is 0 Å². The van der Waals surface area contributed by atoms with Crippen molar-refractivity contribution in [1.82, 2.24) is 15.1 Å². The molecule has 1 fully saturated rings. The molecule has 2 aromatic carbocycles. The molecule has 40 heavy (non-hydrogen) atoms. The van der Waals surface area contributed by atoms with Gasteiger partial charge in [0.2, 0.25) is 5.76 Å². The van der Waals surface area contributed by atoms with Gasteiger partial charge in [0.05, 0.1) is 23.6 Å². The first-order valence-electron chi connectivity index (χ1n) is 13.2. The molecule has 0 bridgehead atoms. The predicted molar refractivity (Wildman–Crippen MR) is 161 cm³/mol. The van der Waals surface area contributed by atoms with Gasteiger partial charge in [-0.2, -0.15) is 5.10 Å². The first kappa shape index (κ1) is 27.4. The molecule has 0 saturated carbocycles. The number of rotatable bonds is 6. The molecule has 1 saturated heterocycles. The van der Waals surface area contributed by atoms with Crippen LogP contribution < -0.4 is 20.7 Å². The van der Waals surface area contributed by atoms with E-state index in [1.807, 2.05) is 73.0 Å². The van der Waals surface area contributed by atoms with Crippen molar-refractivity contribution >= 4 is 35.1 Å². The molecule has 10 heteroatoms. The number of ether oxygens (including phenoxy) is 2. The maximum absolute atomic E-state index is 13.2. The standard InChI is InChI=1S/C30H34N6O3S/c1-30(2,3)25-19-26(36(35-25)20-10-6-5-7-11-20)34-29(37)33-22-14-13-21(18-24(22)40-4)39-23-12-8-9-15-31-28-27(23)38-17-16-32-28/h5-8,10-14,18-19H,9,15-17H2,1-4H3,(H,31,32)(H2,33,34,37)/b12-8-,27-23-. The van der Waals surface area contributed by atoms with Gasteiger partial charge >= 0.3 is 6.03 Å². The van der Waals surface area contributed by atoms with Gasteiger partial charge in [-0.1, -0.05) is 45.0 Å². The number of allylic oxidation sites excluding steroid dienone is 1. The lowest BCUT2D eigenvalue weighted by Crippen LogP contribution is -2.37. The number of carbonyl (C=O) groups excluding carboxylic acids is 1. The highest BCUT2D eigenvalue weighted by molar-refractivity contribution is 7.98. The Hall–Kier alpha value is -4.18. The third kappa shape index (κ3) is 6.34. The summed E-state index contributed by atoms with van der Waals surface area (Å²) in [6.07, 6.45) is 6.73. The minimum absolute atomic E-state index is 0.178. The first-order chi connectivity index (χ1) is 19.3. The van der Waals surface area contributed by atoms with Gasteiger partial charge in [-0.15, -0.1) is 11.8 Å². The van der Waals surface area contributed by atoms with Gasteiger partial charge in [0, 0.05) is 22.9 Å². The van der Waals surface area contributed by atoms with Crippen LogP contribution in [0.25, 0.3) is 5.69 Å². The van der Waals surface area contributed by atoms with E-state index >= 15 is 0 Å². The van der Waals surface area contributed by atoms with Crippen LogP contribution in [0.5, 0.6) is 5.75 Å². The minimum atomic E-state index is -0.364. The van der Waals surface area contributed by atoms with Crippen molar-refractivity contribution in [2.24, 2.45) is 4.99 Å². The van der Waals surface area contributed by atoms with E-state index in [0.717, 1.165) is 28.5 Å². The number of nitrogens with one attached hydrogen (secondary N) is 3. The highest BCUT2D eigenvalue weighted by Crippen LogP contribution is 2.32. The quantitative estimate of drug-likeness (QED) is 0.316. The van der Waals surface area contributed by atoms with Crippen molar-refractivity contribution in [3.8, 4) is 11.4 Å². The van der Waals surface area contributed by atoms with Crippen molar-refractivity contribution < 1.29 is 14.3 Å². The summed E-state index contributed by atoms with van der Waals surface area (Å²) in [5.74, 6) is 3.14. The van der Waals surface area contributed by atoms with Crippen LogP contribution >= 0.6 is 11.8 Å². The molecule has 0 atom stereocenters. The fraction of sp³-hybridized carbons (Fsp3) is 0.300. The largest absolute Gasteiger partial charge is 0.485 e. The number of benzene rings is 2. The summed E-state index contributed by atoms with van der Waals surface area (Å²) in [7, 11) is 0. The van der Waals surface area contributed by atoms with E-state index in [0.29, 0.717) is 48.5 Å². The molecule has 0 radical (unpaired) electrons. The summed E-state index contributed by atoms with van der Waals surface area (Å²) in [5, 5.41) is 14.0. The Bertz CT molecular complexity index is 1470. The number of fused-ring (bicyclic) bond motifs is 1. The highest BCUT2D eigenvalue weighted by Gasteiger charge is 2.23. The predicted octanol–water partition coefficient (Wildman–Crippen LogP) is 6.10. The van der Waals surface area contributed by atoms with E-state index in [1.165, 1.54) is 11.8 Å². The van der Waals surface area contributed by atoms with E-state index in [9.17, 15) is 4.79 Å². The van der Waals surface area contributed by atoms with E-state index in [1.54, 1.807) is 4.68 Å². The van der Waals surface area contributed by atoms with Crippen LogP contribution in [0.4, 0.5) is 16.3 Å². The molecule has 1 aromatic heterocycles. The van der Waals surface area contributed by atoms with E-state index in [4.69, 9.17) is 14.6 Å². The van der Waals surface area contributed by atoms with Gasteiger partial charge in [0.15, 0.2) is 11.6 Å². The van der Waals surface area contributed by atoms with Crippen LogP contribution in [0, 0.1) is 0 Å². The zero-order chi connectivity index (χ0) is 28.1. The number of aliphatic imine (C=N–C) groups is 1. The zero-order valence-corrected chi connectivity index (χ0v) is 24.0. The molecule has 3 N–H and O–H groups in total. The molecule has 3 aromatic rings. The Kier molecular flexibility index (Phi) is 8.16. The van der Waals surface area contributed by atoms with Crippen LogP contribution in [0.15, 0.2) is 88.2 Å². The van der Waals surface area contributed by atoms with Crippen molar-refractivity contribution in [2.75, 3.05) is 36.6 Å². The Morgan fingerprint density at radius 1 is 1.12 bits per heavy atom. The van der Waals surface area contributed by atoms with Gasteiger partial charge in [0.1, 0.15) is 18.2 Å². The zero-order valence-electron chi connectivity index (χ0n) is 23.2. The van der Waals surface area contributed by atoms with Crippen molar-refractivity contribution in [1.29, 1.82) is 0 Å². The van der Waals surface area contributed by atoms with E-state index in [2.05, 4.69) is 41.7 Å². The second-order valence-electron chi connectivity index (χ2n) is 10.3. The Morgan fingerprint density at radius 3 is 2.73 bits per heavy atom. The highest BCUT2D eigenvalue weighted by atomic mass is 32.2. The third-order valence-electron chi connectivity index (χ3n) is 6.28. The molecule has 0 aliphatic carbocycles. The average molecular weight is 559 g/mol. The fourth-order valence-corrected chi connectivity index (χ4v) is 4.79. The normalized spacial score (nSPS) is 17.8. The Labute approximate surface area is 238 Å². The number of para-hydroxylation sites is 1. The van der Waals surface area contributed by atoms with Crippen molar-refractivity contribution in [3.05, 3.63) is 84.0 Å². The number of thioether (sulfide) groups is 1. The number of hydrogen-bond acceptors (Lipinski definition) is 7. The summed E-state index contributed by atoms with van der Waals surface area (Å²) < 4.78 is 13.9. The summed E-state index contributed by atoms with van der Waals surface area (Å²) in [6, 6.07) is 16.9. The molecular weight excluding hydrogens is 524 g/mol. The second kappa shape index (κ2) is 11.9. The Balaban J connectivity index is 1.35. The number of anilines is 2. The monoisotopic (exact) mass is 558 g/mol. The molecule has 9 nitrogen and oxygen atoms in total. The number of aromatic nitrogens is 2. The fourth-order valence-electron chi connectivity index (χ4n) is 4.22. The summed E-state index contributed by atoms with van der Waals surface area (Å²) in [5.41, 5.74) is 2.23. The maximum Gasteiger partial charge on any atom is 0.324 e. The van der Waals surface area contributed by atoms with Gasteiger partial charge in [-0.05, 0) is 49.1 Å². The lowest BCUT2D eigenvalue weighted by molar-refractivity contribution is 0.204. The number of hydrogen-bond donors (Lipinski definition) is 3. The third-order valence-corrected chi connectivity index (χ3v) is 7.06.